The first-order chi connectivity index (χ1) is 12.6. The van der Waals surface area contributed by atoms with E-state index in [9.17, 15) is 9.30 Å². The molecule has 5 nitrogen and oxygen atoms in total. The van der Waals surface area contributed by atoms with E-state index in [0.29, 0.717) is 37.0 Å². The van der Waals surface area contributed by atoms with Crippen LogP contribution >= 0.6 is 0 Å². The minimum absolute atomic E-state index is 0.109. The molecule has 6 heteroatoms. The summed E-state index contributed by atoms with van der Waals surface area (Å²) in [5.41, 5.74) is 0.827. The van der Waals surface area contributed by atoms with Crippen molar-refractivity contribution in [1.29, 1.82) is 0 Å². The predicted octanol–water partition coefficient (Wildman–Crippen LogP) is 4.43. The molecule has 26 heavy (non-hydrogen) atoms. The molecule has 2 spiro atoms. The number of halogens is 1. The quantitative estimate of drug-likeness (QED) is 0.747. The van der Waals surface area contributed by atoms with Crippen molar-refractivity contribution < 1.29 is 13.9 Å². The predicted molar refractivity (Wildman–Crippen MR) is 93.9 cm³/mol. The molecule has 1 aliphatic heterocycles. The number of fused-ring (bicyclic) bond motifs is 1. The van der Waals surface area contributed by atoms with Gasteiger partial charge in [-0.1, -0.05) is 5.18 Å². The highest BCUT2D eigenvalue weighted by Gasteiger charge is 2.60. The SMILES string of the molecule is O=NC1(c2ccnc3ccc(F)cc23)CC2(CCC3(CC2)OCCO3)C1. The van der Waals surface area contributed by atoms with Gasteiger partial charge in [-0.2, -0.15) is 0 Å². The molecule has 0 radical (unpaired) electrons. The van der Waals surface area contributed by atoms with E-state index in [4.69, 9.17) is 9.47 Å². The van der Waals surface area contributed by atoms with Crippen molar-refractivity contribution in [2.24, 2.45) is 10.6 Å². The Labute approximate surface area is 150 Å². The van der Waals surface area contributed by atoms with Gasteiger partial charge in [-0.15, -0.1) is 4.91 Å². The van der Waals surface area contributed by atoms with Crippen LogP contribution in [0.4, 0.5) is 4.39 Å². The lowest BCUT2D eigenvalue weighted by Gasteiger charge is -2.56. The van der Waals surface area contributed by atoms with Gasteiger partial charge in [0.15, 0.2) is 5.79 Å². The van der Waals surface area contributed by atoms with Crippen LogP contribution in [-0.4, -0.2) is 24.0 Å². The van der Waals surface area contributed by atoms with Crippen LogP contribution in [0.25, 0.3) is 10.9 Å². The molecule has 3 fully saturated rings. The number of ether oxygens (including phenoxy) is 2. The van der Waals surface area contributed by atoms with Crippen LogP contribution in [0.2, 0.25) is 0 Å². The largest absolute Gasteiger partial charge is 0.348 e. The molecule has 1 aromatic carbocycles. The summed E-state index contributed by atoms with van der Waals surface area (Å²) in [4.78, 5) is 16.2. The van der Waals surface area contributed by atoms with Gasteiger partial charge in [-0.25, -0.2) is 4.39 Å². The number of hydrogen-bond acceptors (Lipinski definition) is 5. The number of rotatable bonds is 2. The Morgan fingerprint density at radius 1 is 1.04 bits per heavy atom. The summed E-state index contributed by atoms with van der Waals surface area (Å²) in [5, 5.41) is 4.24. The van der Waals surface area contributed by atoms with Crippen molar-refractivity contribution in [2.75, 3.05) is 13.2 Å². The van der Waals surface area contributed by atoms with Gasteiger partial charge in [0.25, 0.3) is 0 Å². The van der Waals surface area contributed by atoms with Gasteiger partial charge in [0, 0.05) is 24.4 Å². The summed E-state index contributed by atoms with van der Waals surface area (Å²) in [6, 6.07) is 6.33. The molecule has 2 heterocycles. The summed E-state index contributed by atoms with van der Waals surface area (Å²) in [7, 11) is 0. The van der Waals surface area contributed by atoms with Crippen molar-refractivity contribution in [3.63, 3.8) is 0 Å². The number of benzene rings is 1. The van der Waals surface area contributed by atoms with Crippen molar-refractivity contribution in [1.82, 2.24) is 4.98 Å². The lowest BCUT2D eigenvalue weighted by atomic mass is 9.50. The third kappa shape index (κ3) is 2.32. The maximum absolute atomic E-state index is 13.8. The van der Waals surface area contributed by atoms with Crippen LogP contribution in [-0.2, 0) is 15.0 Å². The first-order valence-corrected chi connectivity index (χ1v) is 9.25. The minimum atomic E-state index is -0.781. The van der Waals surface area contributed by atoms with E-state index >= 15 is 0 Å². The van der Waals surface area contributed by atoms with Crippen molar-refractivity contribution in [3.8, 4) is 0 Å². The molecule has 2 aliphatic carbocycles. The highest BCUT2D eigenvalue weighted by Crippen LogP contribution is 2.64. The van der Waals surface area contributed by atoms with Crippen LogP contribution in [0.5, 0.6) is 0 Å². The molecule has 1 aromatic heterocycles. The lowest BCUT2D eigenvalue weighted by Crippen LogP contribution is -2.52. The Morgan fingerprint density at radius 2 is 1.77 bits per heavy atom. The van der Waals surface area contributed by atoms with Crippen molar-refractivity contribution >= 4 is 10.9 Å². The van der Waals surface area contributed by atoms with Gasteiger partial charge >= 0.3 is 0 Å². The lowest BCUT2D eigenvalue weighted by molar-refractivity contribution is -0.205. The Bertz CT molecular complexity index is 860. The Kier molecular flexibility index (Phi) is 3.46. The van der Waals surface area contributed by atoms with E-state index in [1.807, 2.05) is 6.07 Å². The Hall–Kier alpha value is -1.92. The summed E-state index contributed by atoms with van der Waals surface area (Å²) in [5.74, 6) is -0.720. The fourth-order valence-electron chi connectivity index (χ4n) is 5.32. The first kappa shape index (κ1) is 16.3. The molecule has 2 saturated carbocycles. The van der Waals surface area contributed by atoms with E-state index in [0.717, 1.165) is 31.2 Å². The fourth-order valence-corrected chi connectivity index (χ4v) is 5.32. The molecule has 0 bridgehead atoms. The molecule has 0 atom stereocenters. The third-order valence-corrected chi connectivity index (χ3v) is 6.60. The zero-order valence-corrected chi connectivity index (χ0v) is 14.5. The van der Waals surface area contributed by atoms with Crippen molar-refractivity contribution in [2.45, 2.75) is 49.9 Å². The smallest absolute Gasteiger partial charge is 0.168 e. The maximum atomic E-state index is 13.8. The second kappa shape index (κ2) is 5.54. The Morgan fingerprint density at radius 3 is 2.46 bits per heavy atom. The molecule has 0 unspecified atom stereocenters. The standard InChI is InChI=1S/C20H21FN2O3/c21-14-1-2-17-15(11-14)16(3-8-22-17)19(23-24)12-18(13-19)4-6-20(7-5-18)25-9-10-26-20/h1-3,8,11H,4-7,9-10,12-13H2. The minimum Gasteiger partial charge on any atom is -0.348 e. The van der Waals surface area contributed by atoms with E-state index in [2.05, 4.69) is 10.2 Å². The third-order valence-electron chi connectivity index (χ3n) is 6.60. The van der Waals surface area contributed by atoms with Gasteiger partial charge in [-0.05, 0) is 60.9 Å². The highest BCUT2D eigenvalue weighted by atomic mass is 19.1. The van der Waals surface area contributed by atoms with Crippen molar-refractivity contribution in [3.05, 3.63) is 46.8 Å². The second-order valence-electron chi connectivity index (χ2n) is 8.10. The summed E-state index contributed by atoms with van der Waals surface area (Å²) < 4.78 is 25.4. The molecule has 5 rings (SSSR count). The maximum Gasteiger partial charge on any atom is 0.168 e. The van der Waals surface area contributed by atoms with Crippen LogP contribution in [0.1, 0.15) is 44.1 Å². The van der Waals surface area contributed by atoms with Crippen LogP contribution in [0.3, 0.4) is 0 Å². The first-order valence-electron chi connectivity index (χ1n) is 9.25. The topological polar surface area (TPSA) is 60.8 Å². The van der Waals surface area contributed by atoms with Crippen LogP contribution in [0, 0.1) is 16.1 Å². The van der Waals surface area contributed by atoms with Gasteiger partial charge in [0.2, 0.25) is 0 Å². The average molecular weight is 356 g/mol. The summed E-state index contributed by atoms with van der Waals surface area (Å²) in [6.45, 7) is 1.34. The summed E-state index contributed by atoms with van der Waals surface area (Å²) >= 11 is 0. The van der Waals surface area contributed by atoms with E-state index in [-0.39, 0.29) is 11.2 Å². The fraction of sp³-hybridized carbons (Fsp3) is 0.550. The normalized spacial score (nSPS) is 25.4. The zero-order chi connectivity index (χ0) is 17.8. The number of pyridine rings is 1. The molecular weight excluding hydrogens is 335 g/mol. The number of nitroso groups, excluding NO2 is 1. The average Bonchev–Trinajstić information content (AvgIpc) is 3.09. The molecule has 3 aliphatic rings. The molecule has 2 aromatic rings. The number of aromatic nitrogens is 1. The monoisotopic (exact) mass is 356 g/mol. The molecule has 136 valence electrons. The highest BCUT2D eigenvalue weighted by molar-refractivity contribution is 5.83. The summed E-state index contributed by atoms with van der Waals surface area (Å²) in [6.07, 6.45) is 6.78. The molecule has 0 amide bonds. The zero-order valence-electron chi connectivity index (χ0n) is 14.5. The van der Waals surface area contributed by atoms with Gasteiger partial charge in [0.1, 0.15) is 11.4 Å². The molecule has 1 saturated heterocycles. The molecular formula is C20H21FN2O3. The van der Waals surface area contributed by atoms with Gasteiger partial charge in [0.05, 0.1) is 18.7 Å². The number of nitrogens with zero attached hydrogens (tertiary/aromatic N) is 2. The molecule has 0 N–H and O–H groups in total. The van der Waals surface area contributed by atoms with Crippen LogP contribution in [0.15, 0.2) is 35.6 Å². The van der Waals surface area contributed by atoms with Gasteiger partial charge < -0.3 is 9.47 Å². The van der Waals surface area contributed by atoms with E-state index < -0.39 is 11.3 Å². The van der Waals surface area contributed by atoms with E-state index in [1.54, 1.807) is 12.3 Å². The second-order valence-corrected chi connectivity index (χ2v) is 8.10. The number of hydrogen-bond donors (Lipinski definition) is 0. The van der Waals surface area contributed by atoms with Gasteiger partial charge in [-0.3, -0.25) is 4.98 Å². The van der Waals surface area contributed by atoms with Crippen LogP contribution < -0.4 is 0 Å². The Balaban J connectivity index is 1.44. The van der Waals surface area contributed by atoms with E-state index in [1.165, 1.54) is 12.1 Å².